The number of carbonyl (C=O) groups is 1. The summed E-state index contributed by atoms with van der Waals surface area (Å²) in [5, 5.41) is 2.94. The van der Waals surface area contributed by atoms with E-state index in [2.05, 4.69) is 15.3 Å². The Hall–Kier alpha value is -3.35. The molecule has 1 aliphatic rings. The summed E-state index contributed by atoms with van der Waals surface area (Å²) in [6.45, 7) is 0.436. The molecule has 0 spiro atoms. The van der Waals surface area contributed by atoms with Crippen LogP contribution in [0, 0.1) is 0 Å². The zero-order valence-electron chi connectivity index (χ0n) is 17.7. The van der Waals surface area contributed by atoms with Crippen LogP contribution < -0.4 is 14.8 Å². The maximum absolute atomic E-state index is 12.3. The molecule has 0 atom stereocenters. The molecule has 162 valence electrons. The molecule has 1 N–H and O–H groups in total. The zero-order chi connectivity index (χ0) is 21.5. The van der Waals surface area contributed by atoms with Crippen LogP contribution in [-0.2, 0) is 17.8 Å². The molecule has 7 nitrogen and oxygen atoms in total. The topological polar surface area (TPSA) is 86.5 Å². The van der Waals surface area contributed by atoms with Crippen molar-refractivity contribution in [3.8, 4) is 23.0 Å². The minimum atomic E-state index is -0.0562. The minimum Gasteiger partial charge on any atom is -0.497 e. The van der Waals surface area contributed by atoms with E-state index in [0.717, 1.165) is 29.7 Å². The molecule has 1 aromatic carbocycles. The molecule has 2 heterocycles. The molecule has 7 heteroatoms. The highest BCUT2D eigenvalue weighted by Gasteiger charge is 2.17. The van der Waals surface area contributed by atoms with Crippen molar-refractivity contribution in [2.45, 2.75) is 51.2 Å². The SMILES string of the molecule is COc1ccc(-c2cnc(CCC(=O)NCc3ccnc(OC4CCCC4)c3)o2)cc1. The first kappa shape index (κ1) is 20.9. The fourth-order valence-corrected chi connectivity index (χ4v) is 3.63. The van der Waals surface area contributed by atoms with Crippen LogP contribution in [0.5, 0.6) is 11.6 Å². The van der Waals surface area contributed by atoms with Crippen molar-refractivity contribution in [2.75, 3.05) is 7.11 Å². The largest absolute Gasteiger partial charge is 0.497 e. The molecule has 0 aliphatic heterocycles. The molecule has 2 aromatic heterocycles. The van der Waals surface area contributed by atoms with Gasteiger partial charge in [-0.3, -0.25) is 4.79 Å². The highest BCUT2D eigenvalue weighted by Crippen LogP contribution is 2.24. The Bertz CT molecular complexity index is 994. The number of ether oxygens (including phenoxy) is 2. The Kier molecular flexibility index (Phi) is 6.82. The van der Waals surface area contributed by atoms with Gasteiger partial charge in [-0.05, 0) is 61.6 Å². The van der Waals surface area contributed by atoms with Gasteiger partial charge in [0.25, 0.3) is 0 Å². The molecule has 0 radical (unpaired) electrons. The molecule has 1 aliphatic carbocycles. The van der Waals surface area contributed by atoms with E-state index < -0.39 is 0 Å². The summed E-state index contributed by atoms with van der Waals surface area (Å²) < 4.78 is 16.9. The quantitative estimate of drug-likeness (QED) is 0.554. The number of benzene rings is 1. The molecule has 3 aromatic rings. The van der Waals surface area contributed by atoms with Crippen molar-refractivity contribution in [2.24, 2.45) is 0 Å². The highest BCUT2D eigenvalue weighted by molar-refractivity contribution is 5.76. The van der Waals surface area contributed by atoms with Crippen molar-refractivity contribution in [3.05, 3.63) is 60.2 Å². The average Bonchev–Trinajstić information content (AvgIpc) is 3.49. The number of aryl methyl sites for hydroxylation is 1. The first-order chi connectivity index (χ1) is 15.2. The van der Waals surface area contributed by atoms with Gasteiger partial charge >= 0.3 is 0 Å². The smallest absolute Gasteiger partial charge is 0.220 e. The predicted molar refractivity (Wildman–Crippen MR) is 116 cm³/mol. The Morgan fingerprint density at radius 2 is 1.97 bits per heavy atom. The molecule has 31 heavy (non-hydrogen) atoms. The van der Waals surface area contributed by atoms with Crippen molar-refractivity contribution in [1.29, 1.82) is 0 Å². The number of hydrogen-bond acceptors (Lipinski definition) is 6. The van der Waals surface area contributed by atoms with E-state index in [1.807, 2.05) is 36.4 Å². The lowest BCUT2D eigenvalue weighted by Gasteiger charge is -2.12. The summed E-state index contributed by atoms with van der Waals surface area (Å²) in [5.41, 5.74) is 1.88. The van der Waals surface area contributed by atoms with Crippen LogP contribution in [0.25, 0.3) is 11.3 Å². The van der Waals surface area contributed by atoms with Crippen molar-refractivity contribution in [3.63, 3.8) is 0 Å². The van der Waals surface area contributed by atoms with Crippen molar-refractivity contribution < 1.29 is 18.7 Å². The lowest BCUT2D eigenvalue weighted by atomic mass is 10.2. The van der Waals surface area contributed by atoms with Gasteiger partial charge < -0.3 is 19.2 Å². The molecular weight excluding hydrogens is 394 g/mol. The Morgan fingerprint density at radius 3 is 2.74 bits per heavy atom. The van der Waals surface area contributed by atoms with Gasteiger partial charge in [-0.1, -0.05) is 0 Å². The molecule has 0 saturated heterocycles. The second-order valence-corrected chi connectivity index (χ2v) is 7.65. The van der Waals surface area contributed by atoms with Gasteiger partial charge in [0.05, 0.1) is 13.3 Å². The van der Waals surface area contributed by atoms with E-state index >= 15 is 0 Å². The first-order valence-electron chi connectivity index (χ1n) is 10.7. The standard InChI is InChI=1S/C24H27N3O4/c1-29-19-8-6-18(7-9-19)21-16-27-23(31-21)11-10-22(28)26-15-17-12-13-25-24(14-17)30-20-4-2-3-5-20/h6-9,12-14,16,20H,2-5,10-11,15H2,1H3,(H,26,28). The summed E-state index contributed by atoms with van der Waals surface area (Å²) in [6.07, 6.45) is 9.01. The Labute approximate surface area is 181 Å². The third-order valence-corrected chi connectivity index (χ3v) is 5.37. The third-order valence-electron chi connectivity index (χ3n) is 5.37. The van der Waals surface area contributed by atoms with Crippen LogP contribution in [0.1, 0.15) is 43.6 Å². The number of amides is 1. The summed E-state index contributed by atoms with van der Waals surface area (Å²) in [4.78, 5) is 20.8. The number of carbonyl (C=O) groups excluding carboxylic acids is 1. The number of nitrogens with one attached hydrogen (secondary N) is 1. The lowest BCUT2D eigenvalue weighted by Crippen LogP contribution is -2.23. The number of aromatic nitrogens is 2. The van der Waals surface area contributed by atoms with Crippen LogP contribution in [-0.4, -0.2) is 29.1 Å². The van der Waals surface area contributed by atoms with Gasteiger partial charge in [-0.15, -0.1) is 0 Å². The number of nitrogens with zero attached hydrogens (tertiary/aromatic N) is 2. The van der Waals surface area contributed by atoms with Gasteiger partial charge in [0.2, 0.25) is 11.8 Å². The summed E-state index contributed by atoms with van der Waals surface area (Å²) >= 11 is 0. The van der Waals surface area contributed by atoms with E-state index in [1.54, 1.807) is 19.5 Å². The van der Waals surface area contributed by atoms with Gasteiger partial charge in [0.1, 0.15) is 11.9 Å². The summed E-state index contributed by atoms with van der Waals surface area (Å²) in [6, 6.07) is 11.3. The number of hydrogen-bond donors (Lipinski definition) is 1. The van der Waals surface area contributed by atoms with Crippen molar-refractivity contribution >= 4 is 5.91 Å². The molecule has 1 fully saturated rings. The van der Waals surface area contributed by atoms with Gasteiger partial charge in [0, 0.05) is 37.2 Å². The monoisotopic (exact) mass is 421 g/mol. The van der Waals surface area contributed by atoms with Gasteiger partial charge in [0.15, 0.2) is 11.7 Å². The van der Waals surface area contributed by atoms with Crippen LogP contribution in [0.2, 0.25) is 0 Å². The third kappa shape index (κ3) is 5.84. The van der Waals surface area contributed by atoms with Crippen LogP contribution >= 0.6 is 0 Å². The Morgan fingerprint density at radius 1 is 1.16 bits per heavy atom. The second-order valence-electron chi connectivity index (χ2n) is 7.65. The minimum absolute atomic E-state index is 0.0562. The van der Waals surface area contributed by atoms with E-state index in [0.29, 0.717) is 36.9 Å². The first-order valence-corrected chi connectivity index (χ1v) is 10.7. The highest BCUT2D eigenvalue weighted by atomic mass is 16.5. The summed E-state index contributed by atoms with van der Waals surface area (Å²) in [5.74, 6) is 2.57. The second kappa shape index (κ2) is 10.1. The van der Waals surface area contributed by atoms with Crippen molar-refractivity contribution in [1.82, 2.24) is 15.3 Å². The van der Waals surface area contributed by atoms with E-state index in [9.17, 15) is 4.79 Å². The van der Waals surface area contributed by atoms with Gasteiger partial charge in [-0.2, -0.15) is 0 Å². The molecule has 0 bridgehead atoms. The number of rotatable bonds is 9. The summed E-state index contributed by atoms with van der Waals surface area (Å²) in [7, 11) is 1.63. The number of methoxy groups -OCH3 is 1. The van der Waals surface area contributed by atoms with E-state index in [4.69, 9.17) is 13.9 Å². The predicted octanol–water partition coefficient (Wildman–Crippen LogP) is 4.32. The maximum atomic E-state index is 12.3. The molecule has 4 rings (SSSR count). The molecule has 1 saturated carbocycles. The molecule has 1 amide bonds. The maximum Gasteiger partial charge on any atom is 0.220 e. The molecule has 0 unspecified atom stereocenters. The molecular formula is C24H27N3O4. The van der Waals surface area contributed by atoms with E-state index in [1.165, 1.54) is 12.8 Å². The Balaban J connectivity index is 1.24. The number of oxazole rings is 1. The van der Waals surface area contributed by atoms with Crippen LogP contribution in [0.15, 0.2) is 53.2 Å². The lowest BCUT2D eigenvalue weighted by molar-refractivity contribution is -0.121. The van der Waals surface area contributed by atoms with E-state index in [-0.39, 0.29) is 12.0 Å². The van der Waals surface area contributed by atoms with Crippen LogP contribution in [0.3, 0.4) is 0 Å². The number of pyridine rings is 1. The fraction of sp³-hybridized carbons (Fsp3) is 0.375. The van der Waals surface area contributed by atoms with Gasteiger partial charge in [-0.25, -0.2) is 9.97 Å². The normalized spacial score (nSPS) is 13.8. The van der Waals surface area contributed by atoms with Crippen LogP contribution in [0.4, 0.5) is 0 Å². The average molecular weight is 421 g/mol. The zero-order valence-corrected chi connectivity index (χ0v) is 17.7. The fourth-order valence-electron chi connectivity index (χ4n) is 3.63.